The Morgan fingerprint density at radius 3 is 2.74 bits per heavy atom. The number of rotatable bonds is 3. The number of halogens is 2. The lowest BCUT2D eigenvalue weighted by molar-refractivity contribution is -0.123. The molecule has 1 saturated heterocycles. The molecule has 0 aliphatic carbocycles. The zero-order chi connectivity index (χ0) is 13.0. The van der Waals surface area contributed by atoms with E-state index < -0.39 is 0 Å². The second-order valence-corrected chi connectivity index (χ2v) is 5.66. The van der Waals surface area contributed by atoms with Gasteiger partial charge < -0.3 is 23.0 Å². The molecule has 2 rings (SSSR count). The average Bonchev–Trinajstić information content (AvgIpc) is 2.35. The number of carbonyl (C=O) groups excluding carboxylic acids is 2. The van der Waals surface area contributed by atoms with E-state index in [1.165, 1.54) is 11.8 Å². The lowest BCUT2D eigenvalue weighted by Gasteiger charge is -2.20. The summed E-state index contributed by atoms with van der Waals surface area (Å²) in [6.45, 7) is 0.679. The average molecular weight is 320 g/mol. The first-order chi connectivity index (χ1) is 8.65. The number of carbonyl (C=O) groups is 2. The SMILES string of the molecule is O=C(CC1SCCNC1=O)Nc1ccc(Cl)cc1.[Cl-]. The highest BCUT2D eigenvalue weighted by Gasteiger charge is 2.25. The van der Waals surface area contributed by atoms with Crippen LogP contribution in [0, 0.1) is 0 Å². The van der Waals surface area contributed by atoms with Crippen molar-refractivity contribution < 1.29 is 22.0 Å². The van der Waals surface area contributed by atoms with Gasteiger partial charge in [0.1, 0.15) is 0 Å². The van der Waals surface area contributed by atoms with Crippen LogP contribution in [0.15, 0.2) is 24.3 Å². The molecule has 0 radical (unpaired) electrons. The van der Waals surface area contributed by atoms with Crippen LogP contribution in [0.25, 0.3) is 0 Å². The topological polar surface area (TPSA) is 58.2 Å². The van der Waals surface area contributed by atoms with Gasteiger partial charge in [-0.05, 0) is 24.3 Å². The molecule has 1 unspecified atom stereocenters. The van der Waals surface area contributed by atoms with E-state index in [0.717, 1.165) is 5.75 Å². The molecule has 0 saturated carbocycles. The van der Waals surface area contributed by atoms with Crippen LogP contribution in [0.5, 0.6) is 0 Å². The smallest absolute Gasteiger partial charge is 0.233 e. The second-order valence-electron chi connectivity index (χ2n) is 3.91. The van der Waals surface area contributed by atoms with Gasteiger partial charge in [-0.2, -0.15) is 0 Å². The van der Waals surface area contributed by atoms with E-state index in [-0.39, 0.29) is 35.9 Å². The van der Waals surface area contributed by atoms with E-state index in [0.29, 0.717) is 17.3 Å². The molecule has 1 atom stereocenters. The van der Waals surface area contributed by atoms with Gasteiger partial charge in [0.15, 0.2) is 0 Å². The largest absolute Gasteiger partial charge is 1.00 e. The van der Waals surface area contributed by atoms with Crippen LogP contribution < -0.4 is 23.0 Å². The van der Waals surface area contributed by atoms with Crippen molar-refractivity contribution in [2.45, 2.75) is 11.7 Å². The highest BCUT2D eigenvalue weighted by molar-refractivity contribution is 8.00. The van der Waals surface area contributed by atoms with Crippen LogP contribution in [0.3, 0.4) is 0 Å². The van der Waals surface area contributed by atoms with Gasteiger partial charge in [0.2, 0.25) is 11.8 Å². The van der Waals surface area contributed by atoms with Crippen LogP contribution in [0.1, 0.15) is 6.42 Å². The van der Waals surface area contributed by atoms with Crippen molar-refractivity contribution >= 4 is 40.9 Å². The molecule has 1 aromatic rings. The highest BCUT2D eigenvalue weighted by Crippen LogP contribution is 2.19. The summed E-state index contributed by atoms with van der Waals surface area (Å²) < 4.78 is 0. The van der Waals surface area contributed by atoms with Crippen LogP contribution in [0.4, 0.5) is 5.69 Å². The number of benzene rings is 1. The molecule has 1 heterocycles. The Balaban J connectivity index is 0.00000180. The van der Waals surface area contributed by atoms with Gasteiger partial charge in [-0.15, -0.1) is 11.8 Å². The fourth-order valence-corrected chi connectivity index (χ4v) is 2.76. The highest BCUT2D eigenvalue weighted by atomic mass is 35.5. The van der Waals surface area contributed by atoms with Crippen molar-refractivity contribution in [3.05, 3.63) is 29.3 Å². The fourth-order valence-electron chi connectivity index (χ4n) is 1.63. The molecule has 2 amide bonds. The van der Waals surface area contributed by atoms with Gasteiger partial charge in [0.25, 0.3) is 0 Å². The third-order valence-electron chi connectivity index (χ3n) is 2.51. The van der Waals surface area contributed by atoms with Gasteiger partial charge >= 0.3 is 0 Å². The molecule has 0 spiro atoms. The van der Waals surface area contributed by atoms with Crippen LogP contribution in [0.2, 0.25) is 5.02 Å². The Kier molecular flexibility index (Phi) is 6.48. The number of amides is 2. The number of hydrogen-bond acceptors (Lipinski definition) is 3. The van der Waals surface area contributed by atoms with Gasteiger partial charge in [-0.25, -0.2) is 0 Å². The monoisotopic (exact) mass is 319 g/mol. The molecule has 1 aliphatic heterocycles. The molecular formula is C12H13Cl2N2O2S-. The quantitative estimate of drug-likeness (QED) is 0.744. The summed E-state index contributed by atoms with van der Waals surface area (Å²) in [7, 11) is 0. The summed E-state index contributed by atoms with van der Waals surface area (Å²) in [5.41, 5.74) is 0.686. The Morgan fingerprint density at radius 2 is 2.11 bits per heavy atom. The molecule has 0 bridgehead atoms. The molecular weight excluding hydrogens is 307 g/mol. The van der Waals surface area contributed by atoms with Crippen molar-refractivity contribution in [2.24, 2.45) is 0 Å². The van der Waals surface area contributed by atoms with Crippen molar-refractivity contribution in [1.29, 1.82) is 0 Å². The van der Waals surface area contributed by atoms with E-state index in [1.807, 2.05) is 0 Å². The number of thioether (sulfide) groups is 1. The first-order valence-corrected chi connectivity index (χ1v) is 7.02. The lowest BCUT2D eigenvalue weighted by atomic mass is 10.2. The Bertz CT molecular complexity index is 454. The van der Waals surface area contributed by atoms with Gasteiger partial charge in [-0.3, -0.25) is 9.59 Å². The minimum absolute atomic E-state index is 0. The predicted octanol–water partition coefficient (Wildman–Crippen LogP) is -1.10. The summed E-state index contributed by atoms with van der Waals surface area (Å²) in [5.74, 6) is 0.634. The molecule has 104 valence electrons. The maximum atomic E-state index is 11.8. The van der Waals surface area contributed by atoms with Crippen molar-refractivity contribution in [1.82, 2.24) is 5.32 Å². The minimum Gasteiger partial charge on any atom is -1.00 e. The molecule has 4 nitrogen and oxygen atoms in total. The van der Waals surface area contributed by atoms with Crippen molar-refractivity contribution in [3.63, 3.8) is 0 Å². The molecule has 1 fully saturated rings. The van der Waals surface area contributed by atoms with Gasteiger partial charge in [0, 0.05) is 29.4 Å². The molecule has 19 heavy (non-hydrogen) atoms. The Labute approximate surface area is 127 Å². The van der Waals surface area contributed by atoms with Crippen LogP contribution >= 0.6 is 23.4 Å². The summed E-state index contributed by atoms with van der Waals surface area (Å²) in [6, 6.07) is 6.88. The third kappa shape index (κ3) is 4.93. The number of nitrogens with one attached hydrogen (secondary N) is 2. The zero-order valence-corrected chi connectivity index (χ0v) is 12.3. The standard InChI is InChI=1S/C12H13ClN2O2S.ClH/c13-8-1-3-9(4-2-8)15-11(16)7-10-12(17)14-5-6-18-10;/h1-4,10H,5-7H2,(H,14,17)(H,15,16);1H/p-1. The lowest BCUT2D eigenvalue weighted by Crippen LogP contribution is -3.00. The van der Waals surface area contributed by atoms with Gasteiger partial charge in [-0.1, -0.05) is 11.6 Å². The van der Waals surface area contributed by atoms with E-state index >= 15 is 0 Å². The Hall–Kier alpha value is -0.910. The molecule has 0 aromatic heterocycles. The minimum atomic E-state index is -0.286. The van der Waals surface area contributed by atoms with Crippen molar-refractivity contribution in [2.75, 3.05) is 17.6 Å². The maximum Gasteiger partial charge on any atom is 0.233 e. The second kappa shape index (κ2) is 7.62. The van der Waals surface area contributed by atoms with Crippen LogP contribution in [-0.2, 0) is 9.59 Å². The van der Waals surface area contributed by atoms with E-state index in [4.69, 9.17) is 11.6 Å². The fraction of sp³-hybridized carbons (Fsp3) is 0.333. The summed E-state index contributed by atoms with van der Waals surface area (Å²) in [4.78, 5) is 23.3. The van der Waals surface area contributed by atoms with E-state index in [9.17, 15) is 9.59 Å². The normalized spacial score (nSPS) is 18.2. The Morgan fingerprint density at radius 1 is 1.42 bits per heavy atom. The predicted molar refractivity (Wildman–Crippen MR) is 74.0 cm³/mol. The molecule has 2 N–H and O–H groups in total. The van der Waals surface area contributed by atoms with E-state index in [2.05, 4.69) is 10.6 Å². The summed E-state index contributed by atoms with van der Waals surface area (Å²) >= 11 is 7.27. The molecule has 1 aliphatic rings. The van der Waals surface area contributed by atoms with Crippen LogP contribution in [-0.4, -0.2) is 29.4 Å². The number of anilines is 1. The summed E-state index contributed by atoms with van der Waals surface area (Å²) in [6.07, 6.45) is 0.194. The maximum absolute atomic E-state index is 11.8. The van der Waals surface area contributed by atoms with E-state index in [1.54, 1.807) is 24.3 Å². The first-order valence-electron chi connectivity index (χ1n) is 5.60. The third-order valence-corrected chi connectivity index (χ3v) is 3.99. The summed E-state index contributed by atoms with van der Waals surface area (Å²) in [5, 5.41) is 5.83. The van der Waals surface area contributed by atoms with Gasteiger partial charge in [0.05, 0.1) is 5.25 Å². The first kappa shape index (κ1) is 16.1. The molecule has 1 aromatic carbocycles. The number of hydrogen-bond donors (Lipinski definition) is 2. The zero-order valence-electron chi connectivity index (χ0n) is 9.99. The van der Waals surface area contributed by atoms with Crippen molar-refractivity contribution in [3.8, 4) is 0 Å². The molecule has 7 heteroatoms.